The summed E-state index contributed by atoms with van der Waals surface area (Å²) in [4.78, 5) is 8.23. The van der Waals surface area contributed by atoms with Gasteiger partial charge in [-0.15, -0.1) is 0 Å². The van der Waals surface area contributed by atoms with Gasteiger partial charge in [0, 0.05) is 11.1 Å². The Kier molecular flexibility index (Phi) is 4.55. The molecule has 0 aliphatic carbocycles. The fourth-order valence-electron chi connectivity index (χ4n) is 2.11. The Hall–Kier alpha value is -1.68. The van der Waals surface area contributed by atoms with E-state index in [0.717, 1.165) is 5.56 Å². The van der Waals surface area contributed by atoms with Crippen molar-refractivity contribution in [3.05, 3.63) is 52.7 Å². The van der Waals surface area contributed by atoms with Crippen molar-refractivity contribution in [2.45, 2.75) is 32.7 Å². The Labute approximate surface area is 123 Å². The third-order valence-electron chi connectivity index (χ3n) is 3.14. The summed E-state index contributed by atoms with van der Waals surface area (Å²) in [5, 5.41) is 3.64. The summed E-state index contributed by atoms with van der Waals surface area (Å²) in [7, 11) is 0. The fraction of sp³-hybridized carbons (Fsp3) is 0.333. The van der Waals surface area contributed by atoms with Crippen LogP contribution < -0.4 is 5.32 Å². The van der Waals surface area contributed by atoms with E-state index >= 15 is 0 Å². The van der Waals surface area contributed by atoms with Crippen LogP contribution >= 0.6 is 11.6 Å². The molecule has 2 aromatic rings. The highest BCUT2D eigenvalue weighted by molar-refractivity contribution is 6.30. The first-order chi connectivity index (χ1) is 9.50. The van der Waals surface area contributed by atoms with E-state index in [-0.39, 0.29) is 17.8 Å². The number of halogens is 2. The number of hydrogen-bond donors (Lipinski definition) is 1. The van der Waals surface area contributed by atoms with Gasteiger partial charge < -0.3 is 5.32 Å². The number of nitrogens with zero attached hydrogens (tertiary/aromatic N) is 2. The molecule has 0 saturated carbocycles. The summed E-state index contributed by atoms with van der Waals surface area (Å²) in [5.74, 6) is 0.591. The van der Waals surface area contributed by atoms with Crippen molar-refractivity contribution in [2.75, 3.05) is 5.32 Å². The molecular weight excluding hydrogens is 277 g/mol. The van der Waals surface area contributed by atoms with E-state index in [4.69, 9.17) is 11.6 Å². The predicted molar refractivity (Wildman–Crippen MR) is 79.6 cm³/mol. The normalized spacial score (nSPS) is 12.5. The van der Waals surface area contributed by atoms with Gasteiger partial charge in [-0.1, -0.05) is 43.6 Å². The SMILES string of the molecule is CC(C)c1c(Cl)ncnc1NC(C)c1ccccc1F. The lowest BCUT2D eigenvalue weighted by atomic mass is 10.0. The summed E-state index contributed by atoms with van der Waals surface area (Å²) in [5.41, 5.74) is 1.44. The van der Waals surface area contributed by atoms with Crippen LogP contribution in [0.25, 0.3) is 0 Å². The smallest absolute Gasteiger partial charge is 0.138 e. The zero-order valence-corrected chi connectivity index (χ0v) is 12.4. The van der Waals surface area contributed by atoms with Crippen LogP contribution in [0, 0.1) is 5.82 Å². The van der Waals surface area contributed by atoms with Crippen LogP contribution in [0.3, 0.4) is 0 Å². The first-order valence-corrected chi connectivity index (χ1v) is 6.89. The first kappa shape index (κ1) is 14.7. The average molecular weight is 294 g/mol. The number of hydrogen-bond acceptors (Lipinski definition) is 3. The minimum Gasteiger partial charge on any atom is -0.363 e. The van der Waals surface area contributed by atoms with Crippen molar-refractivity contribution < 1.29 is 4.39 Å². The summed E-state index contributed by atoms with van der Waals surface area (Å²) in [6.45, 7) is 5.92. The molecule has 1 atom stereocenters. The molecule has 0 spiro atoms. The van der Waals surface area contributed by atoms with Crippen LogP contribution in [0.1, 0.15) is 43.9 Å². The highest BCUT2D eigenvalue weighted by Gasteiger charge is 2.17. The minimum atomic E-state index is -0.237. The van der Waals surface area contributed by atoms with Gasteiger partial charge in [0.1, 0.15) is 23.1 Å². The van der Waals surface area contributed by atoms with E-state index in [2.05, 4.69) is 15.3 Å². The van der Waals surface area contributed by atoms with Gasteiger partial charge in [-0.3, -0.25) is 0 Å². The molecule has 0 fully saturated rings. The van der Waals surface area contributed by atoms with Crippen molar-refractivity contribution in [3.8, 4) is 0 Å². The van der Waals surface area contributed by atoms with E-state index in [0.29, 0.717) is 16.5 Å². The molecule has 0 aliphatic rings. The Morgan fingerprint density at radius 3 is 2.50 bits per heavy atom. The van der Waals surface area contributed by atoms with E-state index in [1.807, 2.05) is 26.8 Å². The first-order valence-electron chi connectivity index (χ1n) is 6.52. The zero-order chi connectivity index (χ0) is 14.7. The lowest BCUT2D eigenvalue weighted by molar-refractivity contribution is 0.599. The Morgan fingerprint density at radius 2 is 1.85 bits per heavy atom. The maximum atomic E-state index is 13.8. The molecular formula is C15H17ClFN3. The second-order valence-corrected chi connectivity index (χ2v) is 5.33. The molecule has 1 N–H and O–H groups in total. The van der Waals surface area contributed by atoms with Gasteiger partial charge in [-0.05, 0) is 18.9 Å². The van der Waals surface area contributed by atoms with Crippen LogP contribution in [0.15, 0.2) is 30.6 Å². The van der Waals surface area contributed by atoms with E-state index in [9.17, 15) is 4.39 Å². The van der Waals surface area contributed by atoms with Gasteiger partial charge in [0.25, 0.3) is 0 Å². The number of rotatable bonds is 4. The van der Waals surface area contributed by atoms with Crippen LogP contribution in [0.2, 0.25) is 5.15 Å². The van der Waals surface area contributed by atoms with Gasteiger partial charge in [0.2, 0.25) is 0 Å². The predicted octanol–water partition coefficient (Wildman–Crippen LogP) is 4.57. The maximum absolute atomic E-state index is 13.8. The van der Waals surface area contributed by atoms with E-state index in [1.54, 1.807) is 12.1 Å². The third-order valence-corrected chi connectivity index (χ3v) is 3.44. The second kappa shape index (κ2) is 6.18. The molecule has 1 aromatic carbocycles. The zero-order valence-electron chi connectivity index (χ0n) is 11.7. The van der Waals surface area contributed by atoms with E-state index < -0.39 is 0 Å². The molecule has 0 aliphatic heterocycles. The highest BCUT2D eigenvalue weighted by atomic mass is 35.5. The molecule has 5 heteroatoms. The molecule has 0 amide bonds. The largest absolute Gasteiger partial charge is 0.363 e. The van der Waals surface area contributed by atoms with Crippen molar-refractivity contribution in [1.29, 1.82) is 0 Å². The average Bonchev–Trinajstić information content (AvgIpc) is 2.38. The third kappa shape index (κ3) is 3.07. The highest BCUT2D eigenvalue weighted by Crippen LogP contribution is 2.30. The Balaban J connectivity index is 2.31. The number of anilines is 1. The molecule has 1 heterocycles. The van der Waals surface area contributed by atoms with Crippen molar-refractivity contribution in [2.24, 2.45) is 0 Å². The minimum absolute atomic E-state index is 0.180. The van der Waals surface area contributed by atoms with Crippen molar-refractivity contribution in [1.82, 2.24) is 9.97 Å². The lowest BCUT2D eigenvalue weighted by Gasteiger charge is -2.19. The molecule has 0 saturated heterocycles. The lowest BCUT2D eigenvalue weighted by Crippen LogP contribution is -2.12. The van der Waals surface area contributed by atoms with Gasteiger partial charge in [-0.25, -0.2) is 14.4 Å². The van der Waals surface area contributed by atoms with E-state index in [1.165, 1.54) is 12.4 Å². The van der Waals surface area contributed by atoms with Crippen molar-refractivity contribution >= 4 is 17.4 Å². The molecule has 1 aromatic heterocycles. The summed E-state index contributed by atoms with van der Waals surface area (Å²) < 4.78 is 13.8. The molecule has 20 heavy (non-hydrogen) atoms. The molecule has 2 rings (SSSR count). The van der Waals surface area contributed by atoms with Gasteiger partial charge >= 0.3 is 0 Å². The van der Waals surface area contributed by atoms with Gasteiger partial charge in [-0.2, -0.15) is 0 Å². The Morgan fingerprint density at radius 1 is 1.15 bits per heavy atom. The standard InChI is InChI=1S/C15H17ClFN3/c1-9(2)13-14(16)18-8-19-15(13)20-10(3)11-6-4-5-7-12(11)17/h4-10H,1-3H3,(H,18,19,20). The second-order valence-electron chi connectivity index (χ2n) is 4.97. The monoisotopic (exact) mass is 293 g/mol. The topological polar surface area (TPSA) is 37.8 Å². The summed E-state index contributed by atoms with van der Waals surface area (Å²) >= 11 is 6.12. The summed E-state index contributed by atoms with van der Waals surface area (Å²) in [6, 6.07) is 6.48. The molecule has 106 valence electrons. The van der Waals surface area contributed by atoms with Crippen LogP contribution in [-0.4, -0.2) is 9.97 Å². The summed E-state index contributed by atoms with van der Waals surface area (Å²) in [6.07, 6.45) is 1.41. The quantitative estimate of drug-likeness (QED) is 0.839. The van der Waals surface area contributed by atoms with Crippen LogP contribution in [0.5, 0.6) is 0 Å². The van der Waals surface area contributed by atoms with Crippen LogP contribution in [0.4, 0.5) is 10.2 Å². The molecule has 0 bridgehead atoms. The molecule has 3 nitrogen and oxygen atoms in total. The van der Waals surface area contributed by atoms with Crippen molar-refractivity contribution in [3.63, 3.8) is 0 Å². The van der Waals surface area contributed by atoms with Gasteiger partial charge in [0.15, 0.2) is 0 Å². The molecule has 1 unspecified atom stereocenters. The number of aromatic nitrogens is 2. The van der Waals surface area contributed by atoms with Crippen LogP contribution in [-0.2, 0) is 0 Å². The molecule has 0 radical (unpaired) electrons. The number of nitrogens with one attached hydrogen (secondary N) is 1. The fourth-order valence-corrected chi connectivity index (χ4v) is 2.46. The Bertz CT molecular complexity index is 601. The number of benzene rings is 1. The van der Waals surface area contributed by atoms with Gasteiger partial charge in [0.05, 0.1) is 6.04 Å². The maximum Gasteiger partial charge on any atom is 0.138 e.